The van der Waals surface area contributed by atoms with Crippen LogP contribution in [0.4, 0.5) is 0 Å². The second-order valence-corrected chi connectivity index (χ2v) is 16.9. The van der Waals surface area contributed by atoms with E-state index in [1.54, 1.807) is 0 Å². The van der Waals surface area contributed by atoms with Gasteiger partial charge in [-0.1, -0.05) is 67.9 Å². The number of hydrogen-bond acceptors (Lipinski definition) is 1. The molecule has 0 aliphatic rings. The van der Waals surface area contributed by atoms with Crippen molar-refractivity contribution >= 4 is 26.5 Å². The van der Waals surface area contributed by atoms with Crippen molar-refractivity contribution in [3.8, 4) is 6.07 Å². The first-order valence-electron chi connectivity index (χ1n) is 6.16. The molecule has 0 atom stereocenters. The fourth-order valence-electron chi connectivity index (χ4n) is 1.75. The van der Waals surface area contributed by atoms with Crippen LogP contribution in [0.15, 0.2) is 18.2 Å². The van der Waals surface area contributed by atoms with Crippen LogP contribution in [0.25, 0.3) is 0 Å². The average Bonchev–Trinajstić information content (AvgIpc) is 2.15. The van der Waals surface area contributed by atoms with E-state index >= 15 is 0 Å². The van der Waals surface area contributed by atoms with E-state index in [4.69, 9.17) is 5.26 Å². The molecule has 92 valence electrons. The number of rotatable bonds is 3. The molecule has 1 aromatic carbocycles. The van der Waals surface area contributed by atoms with E-state index in [9.17, 15) is 0 Å². The highest BCUT2D eigenvalue weighted by atomic mass is 28.3. The summed E-state index contributed by atoms with van der Waals surface area (Å²) in [5, 5.41) is 11.9. The van der Waals surface area contributed by atoms with E-state index in [-0.39, 0.29) is 0 Å². The van der Waals surface area contributed by atoms with E-state index in [1.165, 1.54) is 15.9 Å². The van der Waals surface area contributed by atoms with Gasteiger partial charge >= 0.3 is 0 Å². The topological polar surface area (TPSA) is 23.8 Å². The van der Waals surface area contributed by atoms with Crippen molar-refractivity contribution in [1.29, 1.82) is 5.26 Å². The van der Waals surface area contributed by atoms with Gasteiger partial charge in [-0.05, 0) is 5.56 Å². The largest absolute Gasteiger partial charge is 0.198 e. The molecule has 0 spiro atoms. The molecule has 0 aromatic heterocycles. The van der Waals surface area contributed by atoms with Gasteiger partial charge in [-0.3, -0.25) is 0 Å². The third kappa shape index (κ3) is 3.83. The molecule has 0 amide bonds. The van der Waals surface area contributed by atoms with Crippen LogP contribution in [0.2, 0.25) is 39.3 Å². The van der Waals surface area contributed by atoms with Crippen LogP contribution in [0.3, 0.4) is 0 Å². The van der Waals surface area contributed by atoms with Crippen LogP contribution < -0.4 is 10.4 Å². The van der Waals surface area contributed by atoms with Gasteiger partial charge in [0, 0.05) is 0 Å². The summed E-state index contributed by atoms with van der Waals surface area (Å²) in [6.45, 7) is 14.2. The molecule has 1 aromatic rings. The summed E-state index contributed by atoms with van der Waals surface area (Å²) in [5.74, 6) is 0. The lowest BCUT2D eigenvalue weighted by Gasteiger charge is -2.23. The van der Waals surface area contributed by atoms with Gasteiger partial charge in [-0.2, -0.15) is 5.26 Å². The lowest BCUT2D eigenvalue weighted by atomic mass is 10.2. The highest BCUT2D eigenvalue weighted by molar-refractivity contribution is 6.91. The fourth-order valence-corrected chi connectivity index (χ4v) is 4.31. The Kier molecular flexibility index (Phi) is 4.00. The maximum absolute atomic E-state index is 8.88. The molecule has 0 aliphatic carbocycles. The van der Waals surface area contributed by atoms with Crippen LogP contribution in [-0.4, -0.2) is 16.1 Å². The molecule has 0 aliphatic heterocycles. The first-order chi connectivity index (χ1) is 7.64. The Morgan fingerprint density at radius 1 is 0.882 bits per heavy atom. The summed E-state index contributed by atoms with van der Waals surface area (Å²) >= 11 is 0. The third-order valence-electron chi connectivity index (χ3n) is 3.01. The van der Waals surface area contributed by atoms with Crippen molar-refractivity contribution in [1.82, 2.24) is 0 Å². The molecule has 0 unspecified atom stereocenters. The zero-order valence-electron chi connectivity index (χ0n) is 11.9. The van der Waals surface area contributed by atoms with Crippen LogP contribution in [0.1, 0.15) is 5.56 Å². The predicted molar refractivity (Wildman–Crippen MR) is 81.7 cm³/mol. The first-order valence-corrected chi connectivity index (χ1v) is 13.2. The van der Waals surface area contributed by atoms with Crippen molar-refractivity contribution < 1.29 is 0 Å². The van der Waals surface area contributed by atoms with Gasteiger partial charge in [-0.15, -0.1) is 0 Å². The molecule has 0 bridgehead atoms. The Morgan fingerprint density at radius 2 is 1.29 bits per heavy atom. The molecule has 0 fully saturated rings. The van der Waals surface area contributed by atoms with Crippen LogP contribution in [0, 0.1) is 11.3 Å². The minimum absolute atomic E-state index is 0.538. The molecule has 0 N–H and O–H groups in total. The number of nitrogens with zero attached hydrogens (tertiary/aromatic N) is 1. The predicted octanol–water partition coefficient (Wildman–Crippen LogP) is 2.84. The third-order valence-corrected chi connectivity index (χ3v) is 7.05. The number of hydrogen-bond donors (Lipinski definition) is 0. The Hall–Kier alpha value is -0.856. The summed E-state index contributed by atoms with van der Waals surface area (Å²) in [5.41, 5.74) is 1.20. The van der Waals surface area contributed by atoms with Crippen molar-refractivity contribution in [3.05, 3.63) is 23.8 Å². The summed E-state index contributed by atoms with van der Waals surface area (Å²) in [6.07, 6.45) is 0.538. The summed E-state index contributed by atoms with van der Waals surface area (Å²) in [4.78, 5) is 0. The normalized spacial score (nSPS) is 12.3. The number of nitriles is 1. The number of benzene rings is 1. The van der Waals surface area contributed by atoms with Gasteiger partial charge in [0.25, 0.3) is 0 Å². The summed E-state index contributed by atoms with van der Waals surface area (Å²) in [6, 6.07) is 9.17. The SMILES string of the molecule is C[Si](C)(C)c1cc(CC#N)cc([Si](C)(C)C)c1. The minimum Gasteiger partial charge on any atom is -0.198 e. The second-order valence-electron chi connectivity index (χ2n) is 6.75. The van der Waals surface area contributed by atoms with E-state index in [1.807, 2.05) is 0 Å². The van der Waals surface area contributed by atoms with Crippen LogP contribution in [0.5, 0.6) is 0 Å². The Bertz CT molecular complexity index is 413. The Balaban J connectivity index is 3.35. The molecular weight excluding hydrogens is 238 g/mol. The van der Waals surface area contributed by atoms with Crippen molar-refractivity contribution in [3.63, 3.8) is 0 Å². The van der Waals surface area contributed by atoms with Gasteiger partial charge in [0.1, 0.15) is 0 Å². The lowest BCUT2D eigenvalue weighted by molar-refractivity contribution is 1.27. The van der Waals surface area contributed by atoms with Gasteiger partial charge in [0.05, 0.1) is 28.6 Å². The smallest absolute Gasteiger partial charge is 0.0776 e. The maximum atomic E-state index is 8.88. The zero-order valence-corrected chi connectivity index (χ0v) is 13.9. The monoisotopic (exact) mass is 261 g/mol. The lowest BCUT2D eigenvalue weighted by Crippen LogP contribution is -2.45. The van der Waals surface area contributed by atoms with E-state index in [0.717, 1.165) is 0 Å². The zero-order chi connectivity index (χ0) is 13.3. The second kappa shape index (κ2) is 4.79. The van der Waals surface area contributed by atoms with Gasteiger partial charge in [0.2, 0.25) is 0 Å². The molecule has 3 heteroatoms. The van der Waals surface area contributed by atoms with Crippen LogP contribution in [-0.2, 0) is 6.42 Å². The Labute approximate surface area is 108 Å². The molecule has 0 saturated carbocycles. The van der Waals surface area contributed by atoms with Gasteiger partial charge in [0.15, 0.2) is 0 Å². The molecule has 1 rings (SSSR count). The van der Waals surface area contributed by atoms with Crippen molar-refractivity contribution in [2.24, 2.45) is 0 Å². The molecule has 0 heterocycles. The summed E-state index contributed by atoms with van der Waals surface area (Å²) in [7, 11) is -2.58. The molecule has 1 nitrogen and oxygen atoms in total. The standard InChI is InChI=1S/C14H23NSi2/c1-16(2,3)13-9-12(7-8-15)10-14(11-13)17(4,5)6/h9-11H,7H2,1-6H3. The molecule has 0 radical (unpaired) electrons. The molecular formula is C14H23NSi2. The first kappa shape index (κ1) is 14.2. The minimum atomic E-state index is -1.29. The van der Waals surface area contributed by atoms with Gasteiger partial charge in [-0.25, -0.2) is 0 Å². The maximum Gasteiger partial charge on any atom is 0.0776 e. The van der Waals surface area contributed by atoms with Crippen molar-refractivity contribution in [2.45, 2.75) is 45.7 Å². The van der Waals surface area contributed by atoms with E-state index in [2.05, 4.69) is 63.6 Å². The highest BCUT2D eigenvalue weighted by Crippen LogP contribution is 2.09. The Morgan fingerprint density at radius 3 is 1.59 bits per heavy atom. The molecule has 0 saturated heterocycles. The molecule has 17 heavy (non-hydrogen) atoms. The van der Waals surface area contributed by atoms with Gasteiger partial charge < -0.3 is 0 Å². The van der Waals surface area contributed by atoms with Crippen molar-refractivity contribution in [2.75, 3.05) is 0 Å². The van der Waals surface area contributed by atoms with E-state index in [0.29, 0.717) is 6.42 Å². The average molecular weight is 262 g/mol. The fraction of sp³-hybridized carbons (Fsp3) is 0.500. The quantitative estimate of drug-likeness (QED) is 0.768. The van der Waals surface area contributed by atoms with Crippen LogP contribution >= 0.6 is 0 Å². The summed E-state index contributed by atoms with van der Waals surface area (Å²) < 4.78 is 0. The van der Waals surface area contributed by atoms with E-state index < -0.39 is 16.1 Å². The highest BCUT2D eigenvalue weighted by Gasteiger charge is 2.22.